The molecule has 0 radical (unpaired) electrons. The predicted molar refractivity (Wildman–Crippen MR) is 139 cm³/mol. The van der Waals surface area contributed by atoms with Gasteiger partial charge < -0.3 is 20.6 Å². The zero-order valence-electron chi connectivity index (χ0n) is 22.0. The molecular formula is C26H34F3N5O3S. The Labute approximate surface area is 224 Å². The van der Waals surface area contributed by atoms with Gasteiger partial charge in [-0.3, -0.25) is 9.59 Å². The average molecular weight is 554 g/mol. The minimum Gasteiger partial charge on any atom is -0.389 e. The van der Waals surface area contributed by atoms with Gasteiger partial charge in [0.25, 0.3) is 11.8 Å². The molecule has 2 aliphatic rings. The molecule has 2 aromatic heterocycles. The fraction of sp³-hybridized carbons (Fsp3) is 0.615. The molecule has 2 amide bonds. The lowest BCUT2D eigenvalue weighted by molar-refractivity contribution is -0.137. The van der Waals surface area contributed by atoms with Crippen LogP contribution in [0.2, 0.25) is 0 Å². The van der Waals surface area contributed by atoms with E-state index in [4.69, 9.17) is 0 Å². The van der Waals surface area contributed by atoms with Crippen molar-refractivity contribution in [3.63, 3.8) is 0 Å². The smallest absolute Gasteiger partial charge is 0.389 e. The number of halogens is 3. The van der Waals surface area contributed by atoms with E-state index in [9.17, 15) is 27.9 Å². The number of rotatable bonds is 7. The molecule has 3 N–H and O–H groups in total. The van der Waals surface area contributed by atoms with Gasteiger partial charge in [-0.15, -0.1) is 11.3 Å². The zero-order chi connectivity index (χ0) is 27.9. The summed E-state index contributed by atoms with van der Waals surface area (Å²) in [4.78, 5) is 36.5. The van der Waals surface area contributed by atoms with Crippen molar-refractivity contribution in [3.8, 4) is 10.4 Å². The number of thiazole rings is 1. The molecule has 0 spiro atoms. The Morgan fingerprint density at radius 2 is 1.95 bits per heavy atom. The Kier molecular flexibility index (Phi) is 7.77. The van der Waals surface area contributed by atoms with E-state index >= 15 is 0 Å². The molecule has 12 heteroatoms. The molecule has 1 atom stereocenters. The SMILES string of the molecule is C[C@H]1CCCCN1C(=O)c1nc(C(=O)NCC(C)(C)O)sc1-c1cnc(NC2(C)CCC2)cc1C(F)(F)F. The fourth-order valence-corrected chi connectivity index (χ4v) is 5.73. The fourth-order valence-electron chi connectivity index (χ4n) is 4.73. The van der Waals surface area contributed by atoms with Gasteiger partial charge in [0.15, 0.2) is 5.01 Å². The number of hydrogen-bond donors (Lipinski definition) is 3. The summed E-state index contributed by atoms with van der Waals surface area (Å²) in [5, 5.41) is 15.4. The lowest BCUT2D eigenvalue weighted by Gasteiger charge is -2.39. The molecule has 4 rings (SSSR count). The first-order valence-electron chi connectivity index (χ1n) is 12.8. The van der Waals surface area contributed by atoms with Gasteiger partial charge in [-0.1, -0.05) is 0 Å². The van der Waals surface area contributed by atoms with Gasteiger partial charge in [-0.25, -0.2) is 9.97 Å². The summed E-state index contributed by atoms with van der Waals surface area (Å²) in [6.45, 7) is 7.22. The number of likely N-dealkylation sites (tertiary alicyclic amines) is 1. The molecule has 8 nitrogen and oxygen atoms in total. The quantitative estimate of drug-likeness (QED) is 0.441. The number of amides is 2. The van der Waals surface area contributed by atoms with E-state index in [0.717, 1.165) is 62.1 Å². The highest BCUT2D eigenvalue weighted by Gasteiger charge is 2.39. The van der Waals surface area contributed by atoms with Crippen LogP contribution in [0.15, 0.2) is 12.3 Å². The molecule has 0 bridgehead atoms. The number of pyridine rings is 1. The van der Waals surface area contributed by atoms with Gasteiger partial charge in [-0.2, -0.15) is 13.2 Å². The van der Waals surface area contributed by atoms with Crippen molar-refractivity contribution >= 4 is 29.0 Å². The number of aromatic nitrogens is 2. The molecule has 1 saturated heterocycles. The molecule has 1 saturated carbocycles. The first-order chi connectivity index (χ1) is 17.7. The van der Waals surface area contributed by atoms with E-state index < -0.39 is 29.2 Å². The average Bonchev–Trinajstić information content (AvgIpc) is 3.26. The molecule has 2 aromatic rings. The van der Waals surface area contributed by atoms with Crippen molar-refractivity contribution < 1.29 is 27.9 Å². The lowest BCUT2D eigenvalue weighted by Crippen LogP contribution is -2.42. The van der Waals surface area contributed by atoms with Crippen LogP contribution in [-0.4, -0.2) is 62.1 Å². The lowest BCUT2D eigenvalue weighted by atomic mass is 9.78. The van der Waals surface area contributed by atoms with Crippen LogP contribution in [0.25, 0.3) is 10.4 Å². The number of nitrogens with zero attached hydrogens (tertiary/aromatic N) is 3. The van der Waals surface area contributed by atoms with E-state index in [1.54, 1.807) is 4.90 Å². The van der Waals surface area contributed by atoms with Gasteiger partial charge in [0.05, 0.1) is 16.0 Å². The maximum Gasteiger partial charge on any atom is 0.417 e. The minimum atomic E-state index is -4.73. The number of aliphatic hydroxyl groups is 1. The van der Waals surface area contributed by atoms with Gasteiger partial charge in [-0.05, 0) is 72.3 Å². The summed E-state index contributed by atoms with van der Waals surface area (Å²) < 4.78 is 43.0. The highest BCUT2D eigenvalue weighted by Crippen LogP contribution is 2.43. The van der Waals surface area contributed by atoms with Crippen LogP contribution in [0.4, 0.5) is 19.0 Å². The second kappa shape index (κ2) is 10.4. The number of nitrogens with one attached hydrogen (secondary N) is 2. The first kappa shape index (κ1) is 28.3. The summed E-state index contributed by atoms with van der Waals surface area (Å²) >= 11 is 0.717. The largest absolute Gasteiger partial charge is 0.417 e. The standard InChI is InChI=1S/C26H34F3N5O3S/c1-15-8-5-6-11-34(15)23(36)19-20(38-22(32-19)21(35)31-14-24(2,3)37)16-13-30-18(12-17(16)26(27,28)29)33-25(4)9-7-10-25/h12-13,15,37H,5-11,14H2,1-4H3,(H,30,33)(H,31,35)/t15-/m0/s1. The third-order valence-electron chi connectivity index (χ3n) is 7.11. The van der Waals surface area contributed by atoms with Crippen LogP contribution in [0.3, 0.4) is 0 Å². The van der Waals surface area contributed by atoms with E-state index in [1.807, 2.05) is 13.8 Å². The molecule has 1 aliphatic heterocycles. The summed E-state index contributed by atoms with van der Waals surface area (Å²) in [5.74, 6) is -1.09. The zero-order valence-corrected chi connectivity index (χ0v) is 22.9. The molecule has 1 aliphatic carbocycles. The Morgan fingerprint density at radius 3 is 2.53 bits per heavy atom. The number of anilines is 1. The Morgan fingerprint density at radius 1 is 1.24 bits per heavy atom. The van der Waals surface area contributed by atoms with Gasteiger partial charge in [0.2, 0.25) is 0 Å². The highest BCUT2D eigenvalue weighted by atomic mass is 32.1. The van der Waals surface area contributed by atoms with Gasteiger partial charge in [0, 0.05) is 36.4 Å². The monoisotopic (exact) mass is 553 g/mol. The summed E-state index contributed by atoms with van der Waals surface area (Å²) in [6.07, 6.45) is 1.55. The minimum absolute atomic E-state index is 0.0533. The van der Waals surface area contributed by atoms with Crippen molar-refractivity contribution in [1.82, 2.24) is 20.2 Å². The molecule has 38 heavy (non-hydrogen) atoms. The summed E-state index contributed by atoms with van der Waals surface area (Å²) in [7, 11) is 0. The van der Waals surface area contributed by atoms with Crippen LogP contribution in [0, 0.1) is 0 Å². The maximum atomic E-state index is 14.3. The van der Waals surface area contributed by atoms with Crippen molar-refractivity contribution in [2.45, 2.75) is 89.6 Å². The van der Waals surface area contributed by atoms with E-state index in [2.05, 4.69) is 20.6 Å². The Hall–Kier alpha value is -2.73. The van der Waals surface area contributed by atoms with Crippen LogP contribution >= 0.6 is 11.3 Å². The van der Waals surface area contributed by atoms with Crippen molar-refractivity contribution in [1.29, 1.82) is 0 Å². The second-order valence-corrected chi connectivity index (χ2v) is 12.2. The van der Waals surface area contributed by atoms with Gasteiger partial charge in [0.1, 0.15) is 11.5 Å². The topological polar surface area (TPSA) is 107 Å². The molecule has 208 valence electrons. The Bertz CT molecular complexity index is 1200. The number of alkyl halides is 3. The predicted octanol–water partition coefficient (Wildman–Crippen LogP) is 5.09. The third-order valence-corrected chi connectivity index (χ3v) is 8.20. The van der Waals surface area contributed by atoms with E-state index in [0.29, 0.717) is 6.54 Å². The normalized spacial score (nSPS) is 19.6. The molecular weight excluding hydrogens is 519 g/mol. The number of hydrogen-bond acceptors (Lipinski definition) is 7. The number of carbonyl (C=O) groups excluding carboxylic acids is 2. The maximum absolute atomic E-state index is 14.3. The van der Waals surface area contributed by atoms with Gasteiger partial charge >= 0.3 is 6.18 Å². The highest BCUT2D eigenvalue weighted by molar-refractivity contribution is 7.17. The van der Waals surface area contributed by atoms with Crippen LogP contribution < -0.4 is 10.6 Å². The van der Waals surface area contributed by atoms with Crippen LogP contribution in [0.5, 0.6) is 0 Å². The van der Waals surface area contributed by atoms with Crippen LogP contribution in [0.1, 0.15) is 92.1 Å². The summed E-state index contributed by atoms with van der Waals surface area (Å²) in [6, 6.07) is 0.859. The van der Waals surface area contributed by atoms with Crippen LogP contribution in [-0.2, 0) is 6.18 Å². The van der Waals surface area contributed by atoms with Crippen molar-refractivity contribution in [2.24, 2.45) is 0 Å². The number of carbonyl (C=O) groups is 2. The molecule has 0 unspecified atom stereocenters. The van der Waals surface area contributed by atoms with Crippen molar-refractivity contribution in [3.05, 3.63) is 28.5 Å². The van der Waals surface area contributed by atoms with Crippen molar-refractivity contribution in [2.75, 3.05) is 18.4 Å². The second-order valence-electron chi connectivity index (χ2n) is 11.2. The van der Waals surface area contributed by atoms with E-state index in [1.165, 1.54) is 13.8 Å². The molecule has 0 aromatic carbocycles. The first-order valence-corrected chi connectivity index (χ1v) is 13.7. The summed E-state index contributed by atoms with van der Waals surface area (Å²) in [5.41, 5.74) is -2.96. The Balaban J connectivity index is 1.78. The number of piperidine rings is 1. The molecule has 2 fully saturated rings. The van der Waals surface area contributed by atoms with E-state index in [-0.39, 0.29) is 45.1 Å². The third kappa shape index (κ3) is 6.28. The molecule has 3 heterocycles.